The third-order valence-electron chi connectivity index (χ3n) is 4.41. The van der Waals surface area contributed by atoms with Gasteiger partial charge in [0.1, 0.15) is 6.04 Å². The highest BCUT2D eigenvalue weighted by Gasteiger charge is 2.39. The predicted molar refractivity (Wildman–Crippen MR) is 85.4 cm³/mol. The van der Waals surface area contributed by atoms with Crippen LogP contribution in [0.25, 0.3) is 0 Å². The normalized spacial score (nSPS) is 20.1. The van der Waals surface area contributed by atoms with Crippen LogP contribution in [0, 0.1) is 0 Å². The molecule has 1 aliphatic heterocycles. The van der Waals surface area contributed by atoms with Crippen LogP contribution in [0.5, 0.6) is 0 Å². The first kappa shape index (κ1) is 16.5. The van der Waals surface area contributed by atoms with Crippen molar-refractivity contribution in [2.24, 2.45) is 0 Å². The number of amides is 1. The van der Waals surface area contributed by atoms with E-state index in [9.17, 15) is 9.59 Å². The fraction of sp³-hybridized carbons (Fsp3) is 0.556. The third kappa shape index (κ3) is 3.16. The summed E-state index contributed by atoms with van der Waals surface area (Å²) < 4.78 is 4.83. The van der Waals surface area contributed by atoms with Gasteiger partial charge in [0.25, 0.3) is 0 Å². The Hall–Kier alpha value is -1.84. The zero-order chi connectivity index (χ0) is 16.5. The highest BCUT2D eigenvalue weighted by molar-refractivity contribution is 5.88. The molecule has 1 heterocycles. The second-order valence-corrected chi connectivity index (χ2v) is 6.93. The number of benzene rings is 1. The molecule has 1 amide bonds. The molecular formula is C18H25NO3. The van der Waals surface area contributed by atoms with Gasteiger partial charge >= 0.3 is 5.97 Å². The molecule has 2 atom stereocenters. The number of carbonyl (C=O) groups is 2. The van der Waals surface area contributed by atoms with Gasteiger partial charge in [-0.15, -0.1) is 0 Å². The molecule has 1 aromatic carbocycles. The number of esters is 1. The molecule has 4 heteroatoms. The van der Waals surface area contributed by atoms with Gasteiger partial charge < -0.3 is 9.64 Å². The van der Waals surface area contributed by atoms with Crippen molar-refractivity contribution in [1.29, 1.82) is 0 Å². The molecular weight excluding hydrogens is 278 g/mol. The summed E-state index contributed by atoms with van der Waals surface area (Å²) in [6.45, 7) is 8.47. The molecule has 0 radical (unpaired) electrons. The van der Waals surface area contributed by atoms with E-state index in [4.69, 9.17) is 4.74 Å². The van der Waals surface area contributed by atoms with Gasteiger partial charge in [0.15, 0.2) is 0 Å². The van der Waals surface area contributed by atoms with Crippen molar-refractivity contribution in [2.75, 3.05) is 7.11 Å². The van der Waals surface area contributed by atoms with Crippen molar-refractivity contribution in [3.05, 3.63) is 35.4 Å². The molecule has 0 aliphatic carbocycles. The number of nitrogens with zero attached hydrogens (tertiary/aromatic N) is 1. The molecule has 2 unspecified atom stereocenters. The minimum absolute atomic E-state index is 0.0165. The van der Waals surface area contributed by atoms with E-state index in [0.29, 0.717) is 12.8 Å². The highest BCUT2D eigenvalue weighted by atomic mass is 16.5. The van der Waals surface area contributed by atoms with Crippen molar-refractivity contribution in [1.82, 2.24) is 4.90 Å². The standard InChI is InChI=1S/C18H25NO3/c1-12(13-6-8-14(9-7-13)18(2,3)4)19-15(17(21)22-5)10-11-16(19)20/h6-9,12,15H,10-11H2,1-5H3. The topological polar surface area (TPSA) is 46.6 Å². The SMILES string of the molecule is COC(=O)C1CCC(=O)N1C(C)c1ccc(C(C)(C)C)cc1. The highest BCUT2D eigenvalue weighted by Crippen LogP contribution is 2.32. The average Bonchev–Trinajstić information content (AvgIpc) is 2.86. The molecule has 1 fully saturated rings. The van der Waals surface area contributed by atoms with Gasteiger partial charge in [0, 0.05) is 6.42 Å². The van der Waals surface area contributed by atoms with Gasteiger partial charge in [-0.05, 0) is 29.9 Å². The molecule has 0 saturated carbocycles. The zero-order valence-corrected chi connectivity index (χ0v) is 14.1. The quantitative estimate of drug-likeness (QED) is 0.806. The van der Waals surface area contributed by atoms with Crippen molar-refractivity contribution in [3.63, 3.8) is 0 Å². The third-order valence-corrected chi connectivity index (χ3v) is 4.41. The Morgan fingerprint density at radius 2 is 1.86 bits per heavy atom. The van der Waals surface area contributed by atoms with Crippen LogP contribution in [-0.4, -0.2) is 29.9 Å². The number of rotatable bonds is 3. The second-order valence-electron chi connectivity index (χ2n) is 6.93. The molecule has 0 aromatic heterocycles. The van der Waals surface area contributed by atoms with Crippen LogP contribution < -0.4 is 0 Å². The predicted octanol–water partition coefficient (Wildman–Crippen LogP) is 3.21. The number of methoxy groups -OCH3 is 1. The first-order valence-corrected chi connectivity index (χ1v) is 7.75. The summed E-state index contributed by atoms with van der Waals surface area (Å²) in [4.78, 5) is 25.7. The molecule has 2 rings (SSSR count). The maximum Gasteiger partial charge on any atom is 0.328 e. The number of likely N-dealkylation sites (tertiary alicyclic amines) is 1. The smallest absolute Gasteiger partial charge is 0.328 e. The Kier molecular flexibility index (Phi) is 4.59. The average molecular weight is 303 g/mol. The maximum atomic E-state index is 12.2. The van der Waals surface area contributed by atoms with E-state index >= 15 is 0 Å². The van der Waals surface area contributed by atoms with E-state index in [1.165, 1.54) is 12.7 Å². The van der Waals surface area contributed by atoms with Gasteiger partial charge in [0.2, 0.25) is 5.91 Å². The summed E-state index contributed by atoms with van der Waals surface area (Å²) >= 11 is 0. The minimum atomic E-state index is -0.463. The second kappa shape index (κ2) is 6.11. The van der Waals surface area contributed by atoms with E-state index in [0.717, 1.165) is 5.56 Å². The van der Waals surface area contributed by atoms with E-state index < -0.39 is 6.04 Å². The molecule has 1 aromatic rings. The molecule has 1 saturated heterocycles. The lowest BCUT2D eigenvalue weighted by molar-refractivity contribution is -0.150. The Morgan fingerprint density at radius 1 is 1.27 bits per heavy atom. The van der Waals surface area contributed by atoms with Crippen molar-refractivity contribution < 1.29 is 14.3 Å². The summed E-state index contributed by atoms with van der Waals surface area (Å²) in [5, 5.41) is 0. The van der Waals surface area contributed by atoms with Gasteiger partial charge in [-0.3, -0.25) is 4.79 Å². The fourth-order valence-corrected chi connectivity index (χ4v) is 2.98. The zero-order valence-electron chi connectivity index (χ0n) is 14.1. The van der Waals surface area contributed by atoms with Gasteiger partial charge in [0.05, 0.1) is 13.2 Å². The Labute approximate surface area is 132 Å². The van der Waals surface area contributed by atoms with E-state index in [1.807, 2.05) is 19.1 Å². The van der Waals surface area contributed by atoms with E-state index in [2.05, 4.69) is 32.9 Å². The molecule has 22 heavy (non-hydrogen) atoms. The van der Waals surface area contributed by atoms with Crippen LogP contribution in [0.3, 0.4) is 0 Å². The first-order chi connectivity index (χ1) is 10.3. The molecule has 1 aliphatic rings. The lowest BCUT2D eigenvalue weighted by atomic mass is 9.86. The summed E-state index contributed by atoms with van der Waals surface area (Å²) in [6, 6.07) is 7.69. The Morgan fingerprint density at radius 3 is 2.36 bits per heavy atom. The maximum absolute atomic E-state index is 12.2. The van der Waals surface area contributed by atoms with Crippen LogP contribution in [0.2, 0.25) is 0 Å². The lowest BCUT2D eigenvalue weighted by Gasteiger charge is -2.30. The number of hydrogen-bond acceptors (Lipinski definition) is 3. The van der Waals surface area contributed by atoms with Crippen LogP contribution >= 0.6 is 0 Å². The summed E-state index contributed by atoms with van der Waals surface area (Å²) in [6.07, 6.45) is 0.945. The first-order valence-electron chi connectivity index (χ1n) is 7.75. The van der Waals surface area contributed by atoms with Crippen LogP contribution in [0.4, 0.5) is 0 Å². The fourth-order valence-electron chi connectivity index (χ4n) is 2.98. The molecule has 0 spiro atoms. The van der Waals surface area contributed by atoms with E-state index in [1.54, 1.807) is 4.90 Å². The summed E-state index contributed by atoms with van der Waals surface area (Å²) in [5.74, 6) is -0.313. The largest absolute Gasteiger partial charge is 0.467 e. The van der Waals surface area contributed by atoms with Crippen LogP contribution in [0.15, 0.2) is 24.3 Å². The Balaban J connectivity index is 2.24. The van der Waals surface area contributed by atoms with Crippen molar-refractivity contribution in [2.45, 2.75) is 58.0 Å². The van der Waals surface area contributed by atoms with Gasteiger partial charge in [-0.25, -0.2) is 4.79 Å². The molecule has 0 bridgehead atoms. The van der Waals surface area contributed by atoms with Gasteiger partial charge in [-0.1, -0.05) is 45.0 Å². The van der Waals surface area contributed by atoms with Crippen molar-refractivity contribution in [3.8, 4) is 0 Å². The number of carbonyl (C=O) groups excluding carboxylic acids is 2. The summed E-state index contributed by atoms with van der Waals surface area (Å²) in [7, 11) is 1.37. The minimum Gasteiger partial charge on any atom is -0.467 e. The Bertz CT molecular complexity index is 557. The summed E-state index contributed by atoms with van der Waals surface area (Å²) in [5.41, 5.74) is 2.39. The molecule has 4 nitrogen and oxygen atoms in total. The lowest BCUT2D eigenvalue weighted by Crippen LogP contribution is -2.40. The number of ether oxygens (including phenoxy) is 1. The van der Waals surface area contributed by atoms with Crippen molar-refractivity contribution >= 4 is 11.9 Å². The van der Waals surface area contributed by atoms with E-state index in [-0.39, 0.29) is 23.3 Å². The monoisotopic (exact) mass is 303 g/mol. The van der Waals surface area contributed by atoms with Gasteiger partial charge in [-0.2, -0.15) is 0 Å². The van der Waals surface area contributed by atoms with Crippen LogP contribution in [0.1, 0.15) is 57.7 Å². The molecule has 120 valence electrons. The molecule has 0 N–H and O–H groups in total. The van der Waals surface area contributed by atoms with Crippen LogP contribution in [-0.2, 0) is 19.7 Å². The number of hydrogen-bond donors (Lipinski definition) is 0.